The van der Waals surface area contributed by atoms with Crippen molar-refractivity contribution in [2.75, 3.05) is 36.5 Å². The molecule has 2 unspecified atom stereocenters. The zero-order valence-corrected chi connectivity index (χ0v) is 14.7. The van der Waals surface area contributed by atoms with Crippen LogP contribution in [0, 0.1) is 0 Å². The van der Waals surface area contributed by atoms with Crippen LogP contribution < -0.4 is 21.1 Å². The number of carbonyl (C=O) groups excluding carboxylic acids is 1. The van der Waals surface area contributed by atoms with E-state index in [0.29, 0.717) is 0 Å². The second kappa shape index (κ2) is 7.86. The maximum atomic E-state index is 12.8. The van der Waals surface area contributed by atoms with Gasteiger partial charge in [-0.15, -0.1) is 0 Å². The lowest BCUT2D eigenvalue weighted by Crippen LogP contribution is -2.40. The van der Waals surface area contributed by atoms with Gasteiger partial charge in [0, 0.05) is 19.1 Å². The molecule has 2 aliphatic rings. The number of nitrogens with zero attached hydrogens (tertiary/aromatic N) is 1. The first-order valence-electron chi connectivity index (χ1n) is 9.10. The average Bonchev–Trinajstić information content (AvgIpc) is 3.20. The lowest BCUT2D eigenvalue weighted by atomic mass is 10.0. The quantitative estimate of drug-likeness (QED) is 0.786. The van der Waals surface area contributed by atoms with Crippen molar-refractivity contribution in [2.24, 2.45) is 0 Å². The number of rotatable bonds is 4. The minimum atomic E-state index is -0.266. The van der Waals surface area contributed by atoms with Crippen molar-refractivity contribution in [3.63, 3.8) is 0 Å². The van der Waals surface area contributed by atoms with Crippen LogP contribution in [0.25, 0.3) is 0 Å². The second-order valence-corrected chi connectivity index (χ2v) is 6.65. The normalized spacial score (nSPS) is 23.0. The molecule has 0 aliphatic carbocycles. The van der Waals surface area contributed by atoms with E-state index in [-0.39, 0.29) is 18.0 Å². The summed E-state index contributed by atoms with van der Waals surface area (Å²) in [5, 5.41) is 3.10. The summed E-state index contributed by atoms with van der Waals surface area (Å²) in [4.78, 5) is 15.0. The molecule has 0 saturated carbocycles. The van der Waals surface area contributed by atoms with Crippen LogP contribution in [0.1, 0.15) is 18.0 Å². The molecule has 2 heterocycles. The fourth-order valence-corrected chi connectivity index (χ4v) is 3.51. The average molecular weight is 352 g/mol. The van der Waals surface area contributed by atoms with Gasteiger partial charge in [-0.1, -0.05) is 42.5 Å². The SMILES string of the molecule is O=C(Nc1ccccc1N1CCOCC1)C1CC(c2ccccc2)NN1. The van der Waals surface area contributed by atoms with Crippen LogP contribution in [0.3, 0.4) is 0 Å². The van der Waals surface area contributed by atoms with Crippen molar-refractivity contribution < 1.29 is 9.53 Å². The highest BCUT2D eigenvalue weighted by Gasteiger charge is 2.30. The summed E-state index contributed by atoms with van der Waals surface area (Å²) < 4.78 is 5.43. The third-order valence-electron chi connectivity index (χ3n) is 4.94. The van der Waals surface area contributed by atoms with Crippen LogP contribution >= 0.6 is 0 Å². The zero-order chi connectivity index (χ0) is 17.8. The van der Waals surface area contributed by atoms with Gasteiger partial charge in [-0.3, -0.25) is 4.79 Å². The van der Waals surface area contributed by atoms with Gasteiger partial charge in [-0.2, -0.15) is 0 Å². The van der Waals surface area contributed by atoms with E-state index in [1.165, 1.54) is 5.56 Å². The van der Waals surface area contributed by atoms with Gasteiger partial charge in [-0.25, -0.2) is 10.9 Å². The molecule has 1 amide bonds. The van der Waals surface area contributed by atoms with Gasteiger partial charge in [0.1, 0.15) is 6.04 Å². The van der Waals surface area contributed by atoms with Crippen molar-refractivity contribution >= 4 is 17.3 Å². The Labute approximate surface area is 153 Å². The highest BCUT2D eigenvalue weighted by molar-refractivity contribution is 5.98. The summed E-state index contributed by atoms with van der Waals surface area (Å²) in [7, 11) is 0. The van der Waals surface area contributed by atoms with Gasteiger partial charge < -0.3 is 15.0 Å². The molecule has 26 heavy (non-hydrogen) atoms. The van der Waals surface area contributed by atoms with Crippen LogP contribution in [0.15, 0.2) is 54.6 Å². The van der Waals surface area contributed by atoms with Crippen molar-refractivity contribution in [3.8, 4) is 0 Å². The number of anilines is 2. The third-order valence-corrected chi connectivity index (χ3v) is 4.94. The Morgan fingerprint density at radius 1 is 1.00 bits per heavy atom. The number of hydrogen-bond donors (Lipinski definition) is 3. The molecule has 0 spiro atoms. The molecule has 2 fully saturated rings. The number of para-hydroxylation sites is 2. The van der Waals surface area contributed by atoms with Gasteiger partial charge in [0.05, 0.1) is 24.6 Å². The van der Waals surface area contributed by atoms with Crippen LogP contribution in [0.5, 0.6) is 0 Å². The Kier molecular flexibility index (Phi) is 5.15. The molecule has 2 atom stereocenters. The van der Waals surface area contributed by atoms with Gasteiger partial charge in [0.25, 0.3) is 0 Å². The van der Waals surface area contributed by atoms with Crippen molar-refractivity contribution in [1.82, 2.24) is 10.9 Å². The summed E-state index contributed by atoms with van der Waals surface area (Å²) in [6, 6.07) is 18.0. The summed E-state index contributed by atoms with van der Waals surface area (Å²) in [5.74, 6) is -0.0170. The molecule has 3 N–H and O–H groups in total. The number of benzene rings is 2. The van der Waals surface area contributed by atoms with Crippen molar-refractivity contribution in [1.29, 1.82) is 0 Å². The van der Waals surface area contributed by atoms with E-state index in [1.807, 2.05) is 42.5 Å². The van der Waals surface area contributed by atoms with E-state index in [0.717, 1.165) is 44.1 Å². The fourth-order valence-electron chi connectivity index (χ4n) is 3.51. The Morgan fingerprint density at radius 3 is 2.54 bits per heavy atom. The van der Waals surface area contributed by atoms with Gasteiger partial charge >= 0.3 is 0 Å². The summed E-state index contributed by atoms with van der Waals surface area (Å²) in [5.41, 5.74) is 9.44. The van der Waals surface area contributed by atoms with E-state index in [1.54, 1.807) is 0 Å². The molecule has 0 aromatic heterocycles. The number of nitrogens with one attached hydrogen (secondary N) is 3. The van der Waals surface area contributed by atoms with Gasteiger partial charge in [0.2, 0.25) is 5.91 Å². The van der Waals surface area contributed by atoms with Crippen molar-refractivity contribution in [3.05, 3.63) is 60.2 Å². The molecular weight excluding hydrogens is 328 g/mol. The molecule has 136 valence electrons. The maximum Gasteiger partial charge on any atom is 0.242 e. The first-order chi connectivity index (χ1) is 12.8. The first kappa shape index (κ1) is 17.0. The predicted octanol–water partition coefficient (Wildman–Crippen LogP) is 2.07. The zero-order valence-electron chi connectivity index (χ0n) is 14.7. The molecule has 0 bridgehead atoms. The Morgan fingerprint density at radius 2 is 1.73 bits per heavy atom. The van der Waals surface area contributed by atoms with E-state index in [2.05, 4.69) is 33.2 Å². The second-order valence-electron chi connectivity index (χ2n) is 6.65. The molecular formula is C20H24N4O2. The largest absolute Gasteiger partial charge is 0.378 e. The van der Waals surface area contributed by atoms with Crippen LogP contribution in [-0.4, -0.2) is 38.3 Å². The summed E-state index contributed by atoms with van der Waals surface area (Å²) in [6.07, 6.45) is 0.718. The van der Waals surface area contributed by atoms with Crippen LogP contribution in [0.4, 0.5) is 11.4 Å². The highest BCUT2D eigenvalue weighted by Crippen LogP contribution is 2.28. The number of hydrazine groups is 1. The van der Waals surface area contributed by atoms with Gasteiger partial charge in [0.15, 0.2) is 0 Å². The number of ether oxygens (including phenoxy) is 1. The molecule has 6 heteroatoms. The molecule has 2 aromatic rings. The fraction of sp³-hybridized carbons (Fsp3) is 0.350. The topological polar surface area (TPSA) is 65.6 Å². The maximum absolute atomic E-state index is 12.8. The molecule has 2 aliphatic heterocycles. The van der Waals surface area contributed by atoms with E-state index in [9.17, 15) is 4.79 Å². The van der Waals surface area contributed by atoms with E-state index in [4.69, 9.17) is 4.74 Å². The summed E-state index contributed by atoms with van der Waals surface area (Å²) >= 11 is 0. The standard InChI is InChI=1S/C20H24N4O2/c25-20(18-14-17(22-23-18)15-6-2-1-3-7-15)21-16-8-4-5-9-19(16)24-10-12-26-13-11-24/h1-9,17-18,22-23H,10-14H2,(H,21,25). The third kappa shape index (κ3) is 3.72. The number of amides is 1. The van der Waals surface area contributed by atoms with E-state index >= 15 is 0 Å². The first-order valence-corrected chi connectivity index (χ1v) is 9.10. The molecule has 4 rings (SSSR count). The summed E-state index contributed by atoms with van der Waals surface area (Å²) in [6.45, 7) is 3.11. The lowest BCUT2D eigenvalue weighted by molar-refractivity contribution is -0.117. The van der Waals surface area contributed by atoms with Crippen LogP contribution in [0.2, 0.25) is 0 Å². The molecule has 6 nitrogen and oxygen atoms in total. The number of morpholine rings is 1. The van der Waals surface area contributed by atoms with E-state index < -0.39 is 0 Å². The van der Waals surface area contributed by atoms with Crippen LogP contribution in [-0.2, 0) is 9.53 Å². The van der Waals surface area contributed by atoms with Gasteiger partial charge in [-0.05, 0) is 24.1 Å². The Hall–Kier alpha value is -2.41. The lowest BCUT2D eigenvalue weighted by Gasteiger charge is -2.30. The monoisotopic (exact) mass is 352 g/mol. The minimum Gasteiger partial charge on any atom is -0.378 e. The highest BCUT2D eigenvalue weighted by atomic mass is 16.5. The number of hydrogen-bond acceptors (Lipinski definition) is 5. The Balaban J connectivity index is 1.42. The Bertz CT molecular complexity index is 746. The minimum absolute atomic E-state index is 0.0170. The molecule has 0 radical (unpaired) electrons. The predicted molar refractivity (Wildman–Crippen MR) is 102 cm³/mol. The molecule has 2 saturated heterocycles. The molecule has 2 aromatic carbocycles. The smallest absolute Gasteiger partial charge is 0.242 e. The van der Waals surface area contributed by atoms with Crippen molar-refractivity contribution in [2.45, 2.75) is 18.5 Å². The number of carbonyl (C=O) groups is 1.